The second-order valence-electron chi connectivity index (χ2n) is 4.85. The number of carbonyl (C=O) groups is 1. The molecule has 0 saturated heterocycles. The number of methoxy groups -OCH3 is 2. The SMILES string of the molecule is COc1ccc(CCNC(=O)C=Cc2cccnc2)cc1OC. The Balaban J connectivity index is 1.82. The Labute approximate surface area is 136 Å². The minimum atomic E-state index is -0.130. The summed E-state index contributed by atoms with van der Waals surface area (Å²) in [4.78, 5) is 15.8. The van der Waals surface area contributed by atoms with Crippen molar-refractivity contribution >= 4 is 12.0 Å². The van der Waals surface area contributed by atoms with Crippen LogP contribution in [0, 0.1) is 0 Å². The first kappa shape index (κ1) is 16.5. The molecule has 0 aliphatic heterocycles. The van der Waals surface area contributed by atoms with Crippen LogP contribution in [0.1, 0.15) is 11.1 Å². The number of aromatic nitrogens is 1. The van der Waals surface area contributed by atoms with Gasteiger partial charge in [0.1, 0.15) is 0 Å². The first-order chi connectivity index (χ1) is 11.2. The zero-order chi connectivity index (χ0) is 16.5. The van der Waals surface area contributed by atoms with Crippen molar-refractivity contribution in [1.29, 1.82) is 0 Å². The number of amides is 1. The molecule has 1 aromatic heterocycles. The van der Waals surface area contributed by atoms with Gasteiger partial charge in [0.15, 0.2) is 11.5 Å². The summed E-state index contributed by atoms with van der Waals surface area (Å²) < 4.78 is 10.5. The lowest BCUT2D eigenvalue weighted by Gasteiger charge is -2.09. The smallest absolute Gasteiger partial charge is 0.244 e. The summed E-state index contributed by atoms with van der Waals surface area (Å²) in [5.74, 6) is 1.25. The van der Waals surface area contributed by atoms with Gasteiger partial charge in [0, 0.05) is 25.0 Å². The van der Waals surface area contributed by atoms with E-state index < -0.39 is 0 Å². The highest BCUT2D eigenvalue weighted by Gasteiger charge is 2.04. The molecule has 2 aromatic rings. The lowest BCUT2D eigenvalue weighted by atomic mass is 10.1. The molecule has 1 aromatic carbocycles. The quantitative estimate of drug-likeness (QED) is 0.798. The van der Waals surface area contributed by atoms with Crippen molar-refractivity contribution < 1.29 is 14.3 Å². The van der Waals surface area contributed by atoms with Gasteiger partial charge in [-0.2, -0.15) is 0 Å². The third-order valence-electron chi connectivity index (χ3n) is 3.27. The highest BCUT2D eigenvalue weighted by molar-refractivity contribution is 5.91. The largest absolute Gasteiger partial charge is 0.493 e. The number of hydrogen-bond acceptors (Lipinski definition) is 4. The van der Waals surface area contributed by atoms with Crippen LogP contribution in [0.3, 0.4) is 0 Å². The number of carbonyl (C=O) groups excluding carboxylic acids is 1. The van der Waals surface area contributed by atoms with Crippen LogP contribution in [-0.4, -0.2) is 31.7 Å². The standard InChI is InChI=1S/C18H20N2O3/c1-22-16-7-5-14(12-17(16)23-2)9-11-20-18(21)8-6-15-4-3-10-19-13-15/h3-8,10,12-13H,9,11H2,1-2H3,(H,20,21). The molecule has 23 heavy (non-hydrogen) atoms. The molecule has 0 aliphatic rings. The van der Waals surface area contributed by atoms with Gasteiger partial charge in [-0.25, -0.2) is 0 Å². The van der Waals surface area contributed by atoms with E-state index in [9.17, 15) is 4.79 Å². The van der Waals surface area contributed by atoms with Crippen LogP contribution in [0.5, 0.6) is 11.5 Å². The second kappa shape index (κ2) is 8.58. The van der Waals surface area contributed by atoms with Crippen molar-refractivity contribution in [3.63, 3.8) is 0 Å². The van der Waals surface area contributed by atoms with Gasteiger partial charge in [-0.3, -0.25) is 9.78 Å². The summed E-state index contributed by atoms with van der Waals surface area (Å²) >= 11 is 0. The zero-order valence-electron chi connectivity index (χ0n) is 13.3. The zero-order valence-corrected chi connectivity index (χ0v) is 13.3. The Bertz CT molecular complexity index is 669. The Morgan fingerprint density at radius 1 is 1.22 bits per heavy atom. The lowest BCUT2D eigenvalue weighted by molar-refractivity contribution is -0.116. The third-order valence-corrected chi connectivity index (χ3v) is 3.27. The van der Waals surface area contributed by atoms with E-state index in [4.69, 9.17) is 9.47 Å². The molecule has 1 N–H and O–H groups in total. The van der Waals surface area contributed by atoms with Gasteiger partial charge >= 0.3 is 0 Å². The Morgan fingerprint density at radius 3 is 2.74 bits per heavy atom. The van der Waals surface area contributed by atoms with Crippen molar-refractivity contribution in [3.05, 3.63) is 59.9 Å². The summed E-state index contributed by atoms with van der Waals surface area (Å²) in [6.45, 7) is 0.547. The molecular weight excluding hydrogens is 292 g/mol. The van der Waals surface area contributed by atoms with Gasteiger partial charge in [-0.15, -0.1) is 0 Å². The number of ether oxygens (including phenoxy) is 2. The topological polar surface area (TPSA) is 60.5 Å². The average molecular weight is 312 g/mol. The average Bonchev–Trinajstić information content (AvgIpc) is 2.60. The fourth-order valence-electron chi connectivity index (χ4n) is 2.07. The number of rotatable bonds is 7. The van der Waals surface area contributed by atoms with Crippen molar-refractivity contribution in [3.8, 4) is 11.5 Å². The number of nitrogens with zero attached hydrogens (tertiary/aromatic N) is 1. The third kappa shape index (κ3) is 5.14. The van der Waals surface area contributed by atoms with Crippen LogP contribution in [-0.2, 0) is 11.2 Å². The molecule has 2 rings (SSSR count). The van der Waals surface area contributed by atoms with Crippen molar-refractivity contribution in [2.45, 2.75) is 6.42 Å². The maximum absolute atomic E-state index is 11.8. The molecule has 0 bridgehead atoms. The Morgan fingerprint density at radius 2 is 2.04 bits per heavy atom. The van der Waals surface area contributed by atoms with Crippen LogP contribution >= 0.6 is 0 Å². The van der Waals surface area contributed by atoms with Gasteiger partial charge in [0.25, 0.3) is 0 Å². The molecule has 0 spiro atoms. The van der Waals surface area contributed by atoms with E-state index >= 15 is 0 Å². The van der Waals surface area contributed by atoms with Gasteiger partial charge < -0.3 is 14.8 Å². The first-order valence-electron chi connectivity index (χ1n) is 7.30. The molecule has 120 valence electrons. The predicted molar refractivity (Wildman–Crippen MR) is 89.5 cm³/mol. The minimum absolute atomic E-state index is 0.130. The van der Waals surface area contributed by atoms with Crippen LogP contribution in [0.25, 0.3) is 6.08 Å². The summed E-state index contributed by atoms with van der Waals surface area (Å²) in [6.07, 6.45) is 7.35. The summed E-state index contributed by atoms with van der Waals surface area (Å²) in [5.41, 5.74) is 1.96. The molecule has 1 amide bonds. The number of hydrogen-bond donors (Lipinski definition) is 1. The van der Waals surface area contributed by atoms with E-state index in [0.29, 0.717) is 24.5 Å². The number of nitrogens with one attached hydrogen (secondary N) is 1. The second-order valence-corrected chi connectivity index (χ2v) is 4.85. The van der Waals surface area contributed by atoms with Crippen LogP contribution < -0.4 is 14.8 Å². The highest BCUT2D eigenvalue weighted by Crippen LogP contribution is 2.27. The maximum atomic E-state index is 11.8. The fraction of sp³-hybridized carbons (Fsp3) is 0.222. The van der Waals surface area contributed by atoms with Crippen molar-refractivity contribution in [1.82, 2.24) is 10.3 Å². The maximum Gasteiger partial charge on any atom is 0.244 e. The normalized spacial score (nSPS) is 10.5. The van der Waals surface area contributed by atoms with E-state index in [1.165, 1.54) is 6.08 Å². The number of benzene rings is 1. The molecule has 0 atom stereocenters. The van der Waals surface area contributed by atoms with Crippen molar-refractivity contribution in [2.75, 3.05) is 20.8 Å². The molecule has 5 nitrogen and oxygen atoms in total. The van der Waals surface area contributed by atoms with Crippen LogP contribution in [0.4, 0.5) is 0 Å². The molecule has 1 heterocycles. The summed E-state index contributed by atoms with van der Waals surface area (Å²) in [7, 11) is 3.21. The Kier molecular flexibility index (Phi) is 6.17. The summed E-state index contributed by atoms with van der Waals surface area (Å²) in [6, 6.07) is 9.45. The molecule has 0 radical (unpaired) electrons. The molecule has 0 unspecified atom stereocenters. The lowest BCUT2D eigenvalue weighted by Crippen LogP contribution is -2.23. The van der Waals surface area contributed by atoms with Gasteiger partial charge in [-0.05, 0) is 41.8 Å². The van der Waals surface area contributed by atoms with Gasteiger partial charge in [0.2, 0.25) is 5.91 Å². The predicted octanol–water partition coefficient (Wildman–Crippen LogP) is 2.47. The minimum Gasteiger partial charge on any atom is -0.493 e. The van der Waals surface area contributed by atoms with E-state index in [-0.39, 0.29) is 5.91 Å². The van der Waals surface area contributed by atoms with E-state index in [2.05, 4.69) is 10.3 Å². The van der Waals surface area contributed by atoms with Crippen LogP contribution in [0.15, 0.2) is 48.8 Å². The molecule has 0 fully saturated rings. The van der Waals surface area contributed by atoms with E-state index in [1.807, 2.05) is 30.3 Å². The Hall–Kier alpha value is -2.82. The van der Waals surface area contributed by atoms with Gasteiger partial charge in [-0.1, -0.05) is 12.1 Å². The van der Waals surface area contributed by atoms with Gasteiger partial charge in [0.05, 0.1) is 14.2 Å². The van der Waals surface area contributed by atoms with E-state index in [1.54, 1.807) is 32.7 Å². The molecule has 0 saturated carbocycles. The van der Waals surface area contributed by atoms with E-state index in [0.717, 1.165) is 11.1 Å². The number of pyridine rings is 1. The molecule has 0 aliphatic carbocycles. The van der Waals surface area contributed by atoms with Crippen molar-refractivity contribution in [2.24, 2.45) is 0 Å². The summed E-state index contributed by atoms with van der Waals surface area (Å²) in [5, 5.41) is 2.85. The highest BCUT2D eigenvalue weighted by atomic mass is 16.5. The van der Waals surface area contributed by atoms with Crippen LogP contribution in [0.2, 0.25) is 0 Å². The first-order valence-corrected chi connectivity index (χ1v) is 7.30. The monoisotopic (exact) mass is 312 g/mol. The molecular formula is C18H20N2O3. The molecule has 5 heteroatoms. The fourth-order valence-corrected chi connectivity index (χ4v) is 2.07.